The molecule has 2 rings (SSSR count). The summed E-state index contributed by atoms with van der Waals surface area (Å²) in [6.07, 6.45) is 1.46. The van der Waals surface area contributed by atoms with E-state index in [-0.39, 0.29) is 17.8 Å². The Hall–Kier alpha value is -2.50. The third kappa shape index (κ3) is 2.32. The van der Waals surface area contributed by atoms with Crippen molar-refractivity contribution in [2.24, 2.45) is 0 Å². The molecule has 0 unspecified atom stereocenters. The zero-order chi connectivity index (χ0) is 14.9. The lowest BCUT2D eigenvalue weighted by Crippen LogP contribution is -2.30. The van der Waals surface area contributed by atoms with Crippen LogP contribution in [0.25, 0.3) is 0 Å². The Balaban J connectivity index is 2.30. The van der Waals surface area contributed by atoms with E-state index in [1.165, 1.54) is 26.2 Å². The van der Waals surface area contributed by atoms with E-state index >= 15 is 0 Å². The largest absolute Gasteiger partial charge is 0.466 e. The molecule has 1 amide bonds. The van der Waals surface area contributed by atoms with Crippen molar-refractivity contribution in [3.05, 3.63) is 41.2 Å². The molecule has 104 valence electrons. The van der Waals surface area contributed by atoms with Gasteiger partial charge in [-0.2, -0.15) is 0 Å². The maximum absolute atomic E-state index is 13.2. The molecule has 0 fully saturated rings. The van der Waals surface area contributed by atoms with Crippen molar-refractivity contribution in [2.45, 2.75) is 6.92 Å². The normalized spacial score (nSPS) is 14.6. The Morgan fingerprint density at radius 3 is 2.75 bits per heavy atom. The highest BCUT2D eigenvalue weighted by molar-refractivity contribution is 6.52. The Morgan fingerprint density at radius 2 is 2.10 bits per heavy atom. The number of Topliss-reactive ketones (excluding diaryl/α,β-unsaturated/α-hetero) is 1. The number of benzene rings is 1. The van der Waals surface area contributed by atoms with Gasteiger partial charge >= 0.3 is 5.97 Å². The fraction of sp³-hybridized carbons (Fsp3) is 0.214. The minimum atomic E-state index is -0.737. The monoisotopic (exact) mass is 277 g/mol. The number of carbonyl (C=O) groups excluding carboxylic acids is 3. The molecule has 1 aliphatic rings. The van der Waals surface area contributed by atoms with Gasteiger partial charge in [-0.25, -0.2) is 9.18 Å². The Bertz CT molecular complexity index is 636. The highest BCUT2D eigenvalue weighted by Gasteiger charge is 2.35. The van der Waals surface area contributed by atoms with E-state index in [1.807, 2.05) is 0 Å². The maximum atomic E-state index is 13.2. The van der Waals surface area contributed by atoms with Crippen LogP contribution in [0.15, 0.2) is 29.8 Å². The van der Waals surface area contributed by atoms with Gasteiger partial charge in [-0.3, -0.25) is 9.59 Å². The number of esters is 1. The number of carbonyl (C=O) groups is 3. The van der Waals surface area contributed by atoms with E-state index in [9.17, 15) is 18.8 Å². The first kappa shape index (κ1) is 13.9. The molecule has 1 aromatic carbocycles. The number of amides is 1. The van der Waals surface area contributed by atoms with E-state index in [0.29, 0.717) is 5.57 Å². The van der Waals surface area contributed by atoms with E-state index in [0.717, 1.165) is 17.0 Å². The van der Waals surface area contributed by atoms with Gasteiger partial charge in [0.15, 0.2) is 0 Å². The van der Waals surface area contributed by atoms with Crippen LogP contribution in [0.5, 0.6) is 0 Å². The zero-order valence-electron chi connectivity index (χ0n) is 11.0. The van der Waals surface area contributed by atoms with Gasteiger partial charge in [0.05, 0.1) is 18.4 Å². The quantitative estimate of drug-likeness (QED) is 0.477. The van der Waals surface area contributed by atoms with Crippen molar-refractivity contribution >= 4 is 23.3 Å². The topological polar surface area (TPSA) is 63.7 Å². The van der Waals surface area contributed by atoms with Crippen LogP contribution in [0.3, 0.4) is 0 Å². The van der Waals surface area contributed by atoms with Crippen LogP contribution in [0.1, 0.15) is 17.3 Å². The lowest BCUT2D eigenvalue weighted by atomic mass is 10.1. The summed E-state index contributed by atoms with van der Waals surface area (Å²) < 4.78 is 17.8. The average molecular weight is 277 g/mol. The number of hydrogen-bond donors (Lipinski definition) is 0. The Labute approximate surface area is 114 Å². The molecule has 0 N–H and O–H groups in total. The molecule has 6 heteroatoms. The summed E-state index contributed by atoms with van der Waals surface area (Å²) in [6.45, 7) is 1.53. The van der Waals surface area contributed by atoms with Crippen LogP contribution in [0.4, 0.5) is 10.1 Å². The number of rotatable bonds is 3. The Kier molecular flexibility index (Phi) is 3.65. The molecule has 0 aliphatic carbocycles. The summed E-state index contributed by atoms with van der Waals surface area (Å²) in [4.78, 5) is 35.9. The van der Waals surface area contributed by atoms with Crippen molar-refractivity contribution in [1.82, 2.24) is 0 Å². The van der Waals surface area contributed by atoms with Crippen LogP contribution in [0.2, 0.25) is 0 Å². The number of halogens is 1. The first-order valence-electron chi connectivity index (χ1n) is 5.86. The van der Waals surface area contributed by atoms with E-state index < -0.39 is 23.5 Å². The summed E-state index contributed by atoms with van der Waals surface area (Å²) in [5.41, 5.74) is 0.687. The Morgan fingerprint density at radius 1 is 1.40 bits per heavy atom. The fourth-order valence-electron chi connectivity index (χ4n) is 1.92. The van der Waals surface area contributed by atoms with Crippen molar-refractivity contribution in [3.63, 3.8) is 0 Å². The molecule has 0 atom stereocenters. The number of anilines is 1. The second-order valence-corrected chi connectivity index (χ2v) is 4.29. The van der Waals surface area contributed by atoms with Crippen LogP contribution in [-0.2, 0) is 14.3 Å². The number of ketones is 1. The van der Waals surface area contributed by atoms with Crippen LogP contribution >= 0.6 is 0 Å². The lowest BCUT2D eigenvalue weighted by Gasteiger charge is -2.14. The first-order valence-corrected chi connectivity index (χ1v) is 5.86. The van der Waals surface area contributed by atoms with E-state index in [1.54, 1.807) is 0 Å². The second kappa shape index (κ2) is 5.24. The molecule has 0 bridgehead atoms. The van der Waals surface area contributed by atoms with Gasteiger partial charge in [0.25, 0.3) is 11.7 Å². The standard InChI is InChI=1S/C14H12FNO4/c1-8(14(19)20-2)5-6-16-11-7-9(15)3-4-10(11)12(17)13(16)18/h3-5,7H,6H2,1-2H3. The predicted octanol–water partition coefficient (Wildman–Crippen LogP) is 1.47. The van der Waals surface area contributed by atoms with Gasteiger partial charge in [-0.15, -0.1) is 0 Å². The van der Waals surface area contributed by atoms with Gasteiger partial charge in [0.2, 0.25) is 0 Å². The lowest BCUT2D eigenvalue weighted by molar-refractivity contribution is -0.136. The molecule has 5 nitrogen and oxygen atoms in total. The molecule has 0 spiro atoms. The molecule has 1 aliphatic heterocycles. The number of methoxy groups -OCH3 is 1. The van der Waals surface area contributed by atoms with Gasteiger partial charge < -0.3 is 9.64 Å². The minimum absolute atomic E-state index is 0.00194. The van der Waals surface area contributed by atoms with Crippen molar-refractivity contribution in [2.75, 3.05) is 18.6 Å². The van der Waals surface area contributed by atoms with Crippen LogP contribution in [-0.4, -0.2) is 31.3 Å². The molecule has 0 radical (unpaired) electrons. The summed E-state index contributed by atoms with van der Waals surface area (Å²) in [5, 5.41) is 0. The average Bonchev–Trinajstić information content (AvgIpc) is 2.67. The SMILES string of the molecule is COC(=O)C(C)=CCN1C(=O)C(=O)c2ccc(F)cc21. The second-order valence-electron chi connectivity index (χ2n) is 4.29. The van der Waals surface area contributed by atoms with Gasteiger partial charge in [0, 0.05) is 12.1 Å². The highest BCUT2D eigenvalue weighted by atomic mass is 19.1. The summed E-state index contributed by atoms with van der Waals surface area (Å²) in [6, 6.07) is 3.53. The molecule has 0 aromatic heterocycles. The summed E-state index contributed by atoms with van der Waals surface area (Å²) >= 11 is 0. The predicted molar refractivity (Wildman–Crippen MR) is 68.9 cm³/mol. The molecule has 1 aromatic rings. The minimum Gasteiger partial charge on any atom is -0.466 e. The third-order valence-electron chi connectivity index (χ3n) is 3.02. The molecule has 1 heterocycles. The third-order valence-corrected chi connectivity index (χ3v) is 3.02. The van der Waals surface area contributed by atoms with E-state index in [4.69, 9.17) is 0 Å². The maximum Gasteiger partial charge on any atom is 0.333 e. The number of hydrogen-bond acceptors (Lipinski definition) is 4. The number of fused-ring (bicyclic) bond motifs is 1. The number of ether oxygens (including phenoxy) is 1. The molecular weight excluding hydrogens is 265 g/mol. The van der Waals surface area contributed by atoms with Gasteiger partial charge in [-0.1, -0.05) is 6.08 Å². The molecule has 0 saturated carbocycles. The van der Waals surface area contributed by atoms with Crippen molar-refractivity contribution in [3.8, 4) is 0 Å². The summed E-state index contributed by atoms with van der Waals surface area (Å²) in [5.74, 6) is -2.48. The first-order chi connectivity index (χ1) is 9.45. The molecule has 20 heavy (non-hydrogen) atoms. The van der Waals surface area contributed by atoms with Crippen molar-refractivity contribution in [1.29, 1.82) is 0 Å². The van der Waals surface area contributed by atoms with E-state index in [2.05, 4.69) is 4.74 Å². The van der Waals surface area contributed by atoms with Gasteiger partial charge in [0.1, 0.15) is 5.82 Å². The zero-order valence-corrected chi connectivity index (χ0v) is 11.0. The molecule has 0 saturated heterocycles. The molecular formula is C14H12FNO4. The van der Waals surface area contributed by atoms with Crippen molar-refractivity contribution < 1.29 is 23.5 Å². The smallest absolute Gasteiger partial charge is 0.333 e. The highest BCUT2D eigenvalue weighted by Crippen LogP contribution is 2.29. The van der Waals surface area contributed by atoms with Gasteiger partial charge in [-0.05, 0) is 25.1 Å². The number of nitrogens with zero attached hydrogens (tertiary/aromatic N) is 1. The fourth-order valence-corrected chi connectivity index (χ4v) is 1.92. The van der Waals surface area contributed by atoms with Crippen LogP contribution in [0, 0.1) is 5.82 Å². The van der Waals surface area contributed by atoms with Crippen LogP contribution < -0.4 is 4.90 Å². The summed E-state index contributed by atoms with van der Waals surface area (Å²) in [7, 11) is 1.24.